The maximum atomic E-state index is 12.2. The number of benzene rings is 1. The first-order valence-electron chi connectivity index (χ1n) is 9.36. The van der Waals surface area contributed by atoms with E-state index in [-0.39, 0.29) is 5.76 Å². The third kappa shape index (κ3) is 3.83. The summed E-state index contributed by atoms with van der Waals surface area (Å²) < 4.78 is 10.6. The molecule has 0 radical (unpaired) electrons. The molecule has 0 fully saturated rings. The minimum Gasteiger partial charge on any atom is -0.448 e. The van der Waals surface area contributed by atoms with Crippen molar-refractivity contribution in [3.8, 4) is 0 Å². The third-order valence-corrected chi connectivity index (χ3v) is 5.68. The number of fused-ring (bicyclic) bond motifs is 1. The van der Waals surface area contributed by atoms with Crippen LogP contribution >= 0.6 is 23.2 Å². The highest BCUT2D eigenvalue weighted by atomic mass is 35.5. The Morgan fingerprint density at radius 3 is 2.28 bits per heavy atom. The van der Waals surface area contributed by atoms with Gasteiger partial charge >= 0.3 is 11.9 Å². The van der Waals surface area contributed by atoms with Gasteiger partial charge in [0.05, 0.1) is 0 Å². The largest absolute Gasteiger partial charge is 0.448 e. The molecule has 0 amide bonds. The molecule has 0 aliphatic heterocycles. The van der Waals surface area contributed by atoms with Crippen molar-refractivity contribution < 1.29 is 18.7 Å². The predicted octanol–water partition coefficient (Wildman–Crippen LogP) is 6.74. The quantitative estimate of drug-likeness (QED) is 0.401. The van der Waals surface area contributed by atoms with Crippen molar-refractivity contribution in [2.24, 2.45) is 0 Å². The summed E-state index contributed by atoms with van der Waals surface area (Å²) in [5.74, 6) is -1.55. The van der Waals surface area contributed by atoms with Crippen molar-refractivity contribution in [2.45, 2.75) is 32.6 Å². The van der Waals surface area contributed by atoms with Gasteiger partial charge in [-0.1, -0.05) is 59.6 Å². The summed E-state index contributed by atoms with van der Waals surface area (Å²) in [5.41, 5.74) is 3.93. The molecule has 0 saturated carbocycles. The Labute approximate surface area is 178 Å². The highest BCUT2D eigenvalue weighted by Crippen LogP contribution is 2.42. The number of ether oxygens (including phenoxy) is 1. The van der Waals surface area contributed by atoms with Gasteiger partial charge in [-0.2, -0.15) is 0 Å². The molecule has 6 heteroatoms. The monoisotopic (exact) mass is 428 g/mol. The number of hydrogen-bond acceptors (Lipinski definition) is 4. The number of carbonyl (C=O) groups excluding carboxylic acids is 2. The Morgan fingerprint density at radius 2 is 1.66 bits per heavy atom. The molecule has 0 bridgehead atoms. The fourth-order valence-corrected chi connectivity index (χ4v) is 4.14. The van der Waals surface area contributed by atoms with Crippen LogP contribution in [0.5, 0.6) is 0 Å². The molecule has 1 aromatic heterocycles. The summed E-state index contributed by atoms with van der Waals surface area (Å²) in [6.45, 7) is 1.17. The van der Waals surface area contributed by atoms with Gasteiger partial charge < -0.3 is 9.15 Å². The first kappa shape index (κ1) is 19.7. The highest BCUT2D eigenvalue weighted by Gasteiger charge is 2.24. The minimum absolute atomic E-state index is 0.0376. The van der Waals surface area contributed by atoms with Gasteiger partial charge in [0, 0.05) is 33.5 Å². The predicted molar refractivity (Wildman–Crippen MR) is 115 cm³/mol. The number of rotatable bonds is 3. The first-order chi connectivity index (χ1) is 14.0. The molecule has 0 spiro atoms. The Kier molecular flexibility index (Phi) is 5.48. The second-order valence-corrected chi connectivity index (χ2v) is 7.83. The van der Waals surface area contributed by atoms with Crippen LogP contribution in [-0.4, -0.2) is 11.9 Å². The number of furan rings is 1. The standard InChI is InChI=1S/C23H18Cl2O4/c1-13(26)28-23(27)20-12-14-10-11-16(15-6-2-4-8-18(15)24)21(22(14)29-20)17-7-3-5-9-19(17)25/h2-3,6-7,10-12H,4-5,8-9H2,1H3. The van der Waals surface area contributed by atoms with Crippen LogP contribution in [0.15, 0.2) is 57.0 Å². The van der Waals surface area contributed by atoms with Gasteiger partial charge in [-0.25, -0.2) is 4.79 Å². The molecule has 4 nitrogen and oxygen atoms in total. The van der Waals surface area contributed by atoms with E-state index < -0.39 is 11.9 Å². The smallest absolute Gasteiger partial charge is 0.381 e. The lowest BCUT2D eigenvalue weighted by Crippen LogP contribution is -2.07. The maximum Gasteiger partial charge on any atom is 0.381 e. The summed E-state index contributed by atoms with van der Waals surface area (Å²) in [6.07, 6.45) is 11.4. The molecule has 148 valence electrons. The van der Waals surface area contributed by atoms with Crippen LogP contribution in [-0.2, 0) is 9.53 Å². The minimum atomic E-state index is -0.824. The fraction of sp³-hybridized carbons (Fsp3) is 0.217. The molecule has 0 N–H and O–H groups in total. The molecule has 29 heavy (non-hydrogen) atoms. The zero-order valence-corrected chi connectivity index (χ0v) is 17.3. The van der Waals surface area contributed by atoms with Crippen LogP contribution in [0.25, 0.3) is 22.1 Å². The van der Waals surface area contributed by atoms with E-state index in [1.807, 2.05) is 24.3 Å². The van der Waals surface area contributed by atoms with Gasteiger partial charge in [0.1, 0.15) is 5.58 Å². The molecular formula is C23H18Cl2O4. The maximum absolute atomic E-state index is 12.2. The van der Waals surface area contributed by atoms with Crippen LogP contribution in [0, 0.1) is 0 Å². The van der Waals surface area contributed by atoms with Gasteiger partial charge in [-0.05, 0) is 42.9 Å². The van der Waals surface area contributed by atoms with E-state index in [0.29, 0.717) is 11.0 Å². The lowest BCUT2D eigenvalue weighted by Gasteiger charge is -2.19. The van der Waals surface area contributed by atoms with E-state index in [1.54, 1.807) is 6.07 Å². The SMILES string of the molecule is CC(=O)OC(=O)c1cc2ccc(C3=C(Cl)CCC=C3)c(C3=C(Cl)CCC=C3)c2o1. The van der Waals surface area contributed by atoms with Gasteiger partial charge in [0.2, 0.25) is 5.76 Å². The van der Waals surface area contributed by atoms with Gasteiger partial charge in [0.25, 0.3) is 0 Å². The molecule has 2 aliphatic rings. The highest BCUT2D eigenvalue weighted by molar-refractivity contribution is 6.35. The van der Waals surface area contributed by atoms with E-state index in [2.05, 4.69) is 16.9 Å². The second-order valence-electron chi connectivity index (χ2n) is 6.92. The van der Waals surface area contributed by atoms with Crippen molar-refractivity contribution >= 4 is 57.3 Å². The van der Waals surface area contributed by atoms with Gasteiger partial charge in [-0.3, -0.25) is 4.79 Å². The average Bonchev–Trinajstić information content (AvgIpc) is 3.12. The summed E-state index contributed by atoms with van der Waals surface area (Å²) in [7, 11) is 0. The lowest BCUT2D eigenvalue weighted by atomic mass is 9.88. The van der Waals surface area contributed by atoms with Crippen molar-refractivity contribution in [3.05, 3.63) is 69.5 Å². The van der Waals surface area contributed by atoms with Crippen molar-refractivity contribution in [1.29, 1.82) is 0 Å². The molecule has 1 heterocycles. The third-order valence-electron chi connectivity index (χ3n) is 4.90. The summed E-state index contributed by atoms with van der Waals surface area (Å²) >= 11 is 13.1. The van der Waals surface area contributed by atoms with Crippen LogP contribution in [0.1, 0.15) is 54.3 Å². The first-order valence-corrected chi connectivity index (χ1v) is 10.1. The molecule has 0 unspecified atom stereocenters. The molecule has 0 atom stereocenters. The number of allylic oxidation sites excluding steroid dienone is 8. The van der Waals surface area contributed by atoms with E-state index in [9.17, 15) is 9.59 Å². The molecule has 2 aromatic rings. The number of halogens is 2. The lowest BCUT2D eigenvalue weighted by molar-refractivity contribution is -0.135. The van der Waals surface area contributed by atoms with Crippen molar-refractivity contribution in [2.75, 3.05) is 0 Å². The topological polar surface area (TPSA) is 56.5 Å². The average molecular weight is 429 g/mol. The van der Waals surface area contributed by atoms with E-state index in [0.717, 1.165) is 58.0 Å². The molecule has 1 aromatic carbocycles. The summed E-state index contributed by atoms with van der Waals surface area (Å²) in [6, 6.07) is 5.39. The Bertz CT molecular complexity index is 1150. The van der Waals surface area contributed by atoms with Crippen LogP contribution in [0.2, 0.25) is 0 Å². The van der Waals surface area contributed by atoms with E-state index in [4.69, 9.17) is 27.6 Å². The molecule has 0 saturated heterocycles. The molecular weight excluding hydrogens is 411 g/mol. The Balaban J connectivity index is 1.98. The fourth-order valence-electron chi connectivity index (χ4n) is 3.60. The zero-order chi connectivity index (χ0) is 20.5. The van der Waals surface area contributed by atoms with Crippen molar-refractivity contribution in [1.82, 2.24) is 0 Å². The number of esters is 2. The van der Waals surface area contributed by atoms with Crippen LogP contribution < -0.4 is 0 Å². The van der Waals surface area contributed by atoms with Gasteiger partial charge in [-0.15, -0.1) is 0 Å². The summed E-state index contributed by atoms with van der Waals surface area (Å²) in [4.78, 5) is 23.3. The Morgan fingerprint density at radius 1 is 1.00 bits per heavy atom. The second kappa shape index (κ2) is 8.05. The summed E-state index contributed by atoms with van der Waals surface area (Å²) in [5, 5.41) is 2.21. The van der Waals surface area contributed by atoms with E-state index in [1.165, 1.54) is 6.92 Å². The zero-order valence-electron chi connectivity index (χ0n) is 15.8. The van der Waals surface area contributed by atoms with Gasteiger partial charge in [0.15, 0.2) is 0 Å². The van der Waals surface area contributed by atoms with Crippen molar-refractivity contribution in [3.63, 3.8) is 0 Å². The molecule has 2 aliphatic carbocycles. The number of hydrogen-bond donors (Lipinski definition) is 0. The van der Waals surface area contributed by atoms with E-state index >= 15 is 0 Å². The molecule has 4 rings (SSSR count). The van der Waals surface area contributed by atoms with Crippen LogP contribution in [0.4, 0.5) is 0 Å². The Hall–Kier alpha value is -2.56. The van der Waals surface area contributed by atoms with Crippen LogP contribution in [0.3, 0.4) is 0 Å². The normalized spacial score (nSPS) is 16.7. The number of carbonyl (C=O) groups is 2.